The number of carbonyl (C=O) groups excluding carboxylic acids is 1. The van der Waals surface area contributed by atoms with Crippen molar-refractivity contribution >= 4 is 37.6 Å². The summed E-state index contributed by atoms with van der Waals surface area (Å²) >= 11 is 6.25. The van der Waals surface area contributed by atoms with Crippen LogP contribution in [0.1, 0.15) is 15.9 Å². The first kappa shape index (κ1) is 10.9. The minimum atomic E-state index is -0.354. The molecule has 1 nitrogen and oxygen atoms in total. The Morgan fingerprint density at radius 2 is 2.15 bits per heavy atom. The maximum atomic E-state index is 13.1. The number of hydrogen-bond donors (Lipinski definition) is 0. The quantitative estimate of drug-likeness (QED) is 0.604. The molecule has 0 saturated carbocycles. The molecule has 13 heavy (non-hydrogen) atoms. The fraction of sp³-hybridized carbons (Fsp3) is 0.222. The van der Waals surface area contributed by atoms with Crippen LogP contribution in [-0.4, -0.2) is 11.1 Å². The zero-order chi connectivity index (χ0) is 10.0. The number of rotatable bonds is 2. The predicted molar refractivity (Wildman–Crippen MR) is 57.0 cm³/mol. The van der Waals surface area contributed by atoms with E-state index in [1.807, 2.05) is 0 Å². The highest BCUT2D eigenvalue weighted by Gasteiger charge is 2.11. The summed E-state index contributed by atoms with van der Waals surface area (Å²) in [4.78, 5) is 11.3. The Morgan fingerprint density at radius 3 is 2.69 bits per heavy atom. The normalized spacial score (nSPS) is 10.2. The molecule has 4 heteroatoms. The Labute approximate surface area is 92.6 Å². The molecular weight excluding hydrogens is 303 g/mol. The van der Waals surface area contributed by atoms with Gasteiger partial charge in [0.15, 0.2) is 5.78 Å². The minimum absolute atomic E-state index is 0.134. The molecule has 1 aromatic carbocycles. The molecule has 0 aliphatic rings. The summed E-state index contributed by atoms with van der Waals surface area (Å²) in [5.74, 6) is -0.488. The molecule has 0 unspecified atom stereocenters. The summed E-state index contributed by atoms with van der Waals surface area (Å²) in [5.41, 5.74) is 0.901. The molecule has 0 amide bonds. The maximum absolute atomic E-state index is 13.1. The Hall–Kier alpha value is -0.220. The fourth-order valence-electron chi connectivity index (χ4n) is 0.932. The van der Waals surface area contributed by atoms with Gasteiger partial charge in [0.05, 0.1) is 5.33 Å². The molecule has 70 valence electrons. The average Bonchev–Trinajstić information content (AvgIpc) is 2.10. The highest BCUT2D eigenvalue weighted by atomic mass is 79.9. The molecule has 0 atom stereocenters. The molecule has 0 aliphatic heterocycles. The summed E-state index contributed by atoms with van der Waals surface area (Å²) in [7, 11) is 0. The molecule has 1 aromatic rings. The highest BCUT2D eigenvalue weighted by molar-refractivity contribution is 9.10. The van der Waals surface area contributed by atoms with Crippen LogP contribution >= 0.6 is 31.9 Å². The van der Waals surface area contributed by atoms with Gasteiger partial charge in [-0.3, -0.25) is 4.79 Å². The molecule has 0 bridgehead atoms. The Morgan fingerprint density at radius 1 is 1.54 bits per heavy atom. The van der Waals surface area contributed by atoms with Crippen molar-refractivity contribution in [1.29, 1.82) is 0 Å². The predicted octanol–water partition coefficient (Wildman–Crippen LogP) is 3.47. The summed E-state index contributed by atoms with van der Waals surface area (Å²) in [5, 5.41) is 0.202. The Kier molecular flexibility index (Phi) is 3.62. The molecule has 0 N–H and O–H groups in total. The van der Waals surface area contributed by atoms with Crippen molar-refractivity contribution in [2.45, 2.75) is 6.92 Å². The molecule has 0 fully saturated rings. The van der Waals surface area contributed by atoms with Crippen molar-refractivity contribution in [2.24, 2.45) is 0 Å². The number of ketones is 1. The van der Waals surface area contributed by atoms with Crippen LogP contribution in [0.2, 0.25) is 0 Å². The van der Waals surface area contributed by atoms with Gasteiger partial charge in [-0.25, -0.2) is 4.39 Å². The second kappa shape index (κ2) is 4.33. The van der Waals surface area contributed by atoms with E-state index in [0.717, 1.165) is 0 Å². The Balaban J connectivity index is 3.23. The summed E-state index contributed by atoms with van der Waals surface area (Å²) in [6.45, 7) is 1.66. The molecular formula is C9H7Br2FO. The summed E-state index contributed by atoms with van der Waals surface area (Å²) in [6.07, 6.45) is 0. The van der Waals surface area contributed by atoms with Crippen molar-refractivity contribution in [3.63, 3.8) is 0 Å². The zero-order valence-corrected chi connectivity index (χ0v) is 10.1. The first-order chi connectivity index (χ1) is 6.06. The van der Waals surface area contributed by atoms with Gasteiger partial charge < -0.3 is 0 Å². The summed E-state index contributed by atoms with van der Waals surface area (Å²) < 4.78 is 13.7. The standard InChI is InChI=1S/C9H7Br2FO/c1-5-2-7(11)6(3-8(5)12)9(13)4-10/h2-3H,4H2,1H3. The van der Waals surface area contributed by atoms with Gasteiger partial charge in [0, 0.05) is 10.0 Å². The smallest absolute Gasteiger partial charge is 0.174 e. The second-order valence-electron chi connectivity index (χ2n) is 2.64. The summed E-state index contributed by atoms with van der Waals surface area (Å²) in [6, 6.07) is 2.86. The lowest BCUT2D eigenvalue weighted by Crippen LogP contribution is -2.02. The molecule has 0 spiro atoms. The van der Waals surface area contributed by atoms with E-state index in [2.05, 4.69) is 31.9 Å². The zero-order valence-electron chi connectivity index (χ0n) is 6.90. The van der Waals surface area contributed by atoms with Crippen molar-refractivity contribution < 1.29 is 9.18 Å². The topological polar surface area (TPSA) is 17.1 Å². The fourth-order valence-corrected chi connectivity index (χ4v) is 1.91. The first-order valence-electron chi connectivity index (χ1n) is 3.61. The molecule has 0 radical (unpaired) electrons. The van der Waals surface area contributed by atoms with E-state index in [-0.39, 0.29) is 16.9 Å². The van der Waals surface area contributed by atoms with E-state index >= 15 is 0 Å². The van der Waals surface area contributed by atoms with Crippen LogP contribution in [0, 0.1) is 12.7 Å². The minimum Gasteiger partial charge on any atom is -0.293 e. The van der Waals surface area contributed by atoms with E-state index in [0.29, 0.717) is 15.6 Å². The van der Waals surface area contributed by atoms with E-state index in [4.69, 9.17) is 0 Å². The van der Waals surface area contributed by atoms with E-state index in [9.17, 15) is 9.18 Å². The van der Waals surface area contributed by atoms with Crippen LogP contribution in [0.4, 0.5) is 4.39 Å². The van der Waals surface area contributed by atoms with Gasteiger partial charge in [0.1, 0.15) is 5.82 Å². The Bertz CT molecular complexity index is 350. The number of carbonyl (C=O) groups is 1. The van der Waals surface area contributed by atoms with Crippen LogP contribution < -0.4 is 0 Å². The third-order valence-corrected chi connectivity index (χ3v) is 2.84. The van der Waals surface area contributed by atoms with Crippen LogP contribution in [-0.2, 0) is 0 Å². The molecule has 0 aliphatic carbocycles. The molecule has 0 heterocycles. The van der Waals surface area contributed by atoms with Gasteiger partial charge in [-0.2, -0.15) is 0 Å². The largest absolute Gasteiger partial charge is 0.293 e. The maximum Gasteiger partial charge on any atom is 0.174 e. The lowest BCUT2D eigenvalue weighted by atomic mass is 10.1. The molecule has 0 aromatic heterocycles. The first-order valence-corrected chi connectivity index (χ1v) is 5.52. The van der Waals surface area contributed by atoms with Crippen LogP contribution in [0.25, 0.3) is 0 Å². The van der Waals surface area contributed by atoms with Crippen LogP contribution in [0.3, 0.4) is 0 Å². The van der Waals surface area contributed by atoms with Crippen molar-refractivity contribution in [3.05, 3.63) is 33.5 Å². The van der Waals surface area contributed by atoms with Gasteiger partial charge in [-0.15, -0.1) is 0 Å². The lowest BCUT2D eigenvalue weighted by molar-refractivity contribution is 0.102. The van der Waals surface area contributed by atoms with Crippen LogP contribution in [0.15, 0.2) is 16.6 Å². The van der Waals surface area contributed by atoms with E-state index in [1.165, 1.54) is 6.07 Å². The van der Waals surface area contributed by atoms with Gasteiger partial charge >= 0.3 is 0 Å². The van der Waals surface area contributed by atoms with Crippen LogP contribution in [0.5, 0.6) is 0 Å². The third kappa shape index (κ3) is 2.38. The van der Waals surface area contributed by atoms with Crippen molar-refractivity contribution in [2.75, 3.05) is 5.33 Å². The van der Waals surface area contributed by atoms with Gasteiger partial charge in [0.25, 0.3) is 0 Å². The number of halogens is 3. The van der Waals surface area contributed by atoms with Gasteiger partial charge in [0.2, 0.25) is 0 Å². The third-order valence-electron chi connectivity index (χ3n) is 1.67. The second-order valence-corrected chi connectivity index (χ2v) is 4.05. The number of alkyl halides is 1. The van der Waals surface area contributed by atoms with Crippen molar-refractivity contribution in [1.82, 2.24) is 0 Å². The van der Waals surface area contributed by atoms with Gasteiger partial charge in [-0.05, 0) is 24.6 Å². The van der Waals surface area contributed by atoms with Crippen molar-refractivity contribution in [3.8, 4) is 0 Å². The average molecular weight is 310 g/mol. The number of benzene rings is 1. The van der Waals surface area contributed by atoms with E-state index in [1.54, 1.807) is 13.0 Å². The number of Topliss-reactive ketones (excluding diaryl/α,β-unsaturated/α-hetero) is 1. The van der Waals surface area contributed by atoms with E-state index < -0.39 is 0 Å². The number of aryl methyl sites for hydroxylation is 1. The lowest BCUT2D eigenvalue weighted by Gasteiger charge is -2.03. The highest BCUT2D eigenvalue weighted by Crippen LogP contribution is 2.21. The monoisotopic (exact) mass is 308 g/mol. The number of hydrogen-bond acceptors (Lipinski definition) is 1. The molecule has 0 saturated heterocycles. The SMILES string of the molecule is Cc1cc(Br)c(C(=O)CBr)cc1F. The van der Waals surface area contributed by atoms with Gasteiger partial charge in [-0.1, -0.05) is 31.9 Å². The molecule has 1 rings (SSSR count).